The van der Waals surface area contributed by atoms with Crippen molar-refractivity contribution in [3.8, 4) is 10.7 Å². The number of carbonyl (C=O) groups is 1. The molecule has 0 spiro atoms. The fraction of sp³-hybridized carbons (Fsp3) is 0.381. The largest absolute Gasteiger partial charge is 0.371 e. The first-order valence-electron chi connectivity index (χ1n) is 9.98. The Bertz CT molecular complexity index is 1080. The minimum absolute atomic E-state index is 0.0348. The fourth-order valence-electron chi connectivity index (χ4n) is 3.82. The molecule has 0 saturated carbocycles. The lowest BCUT2D eigenvalue weighted by molar-refractivity contribution is -0.121. The fourth-order valence-corrected chi connectivity index (χ4v) is 4.93. The van der Waals surface area contributed by atoms with Crippen molar-refractivity contribution in [1.29, 1.82) is 0 Å². The first-order chi connectivity index (χ1) is 14.5. The van der Waals surface area contributed by atoms with Crippen LogP contribution in [0.15, 0.2) is 35.7 Å². The number of rotatable bonds is 7. The third kappa shape index (κ3) is 4.77. The number of aromatic nitrogens is 3. The van der Waals surface area contributed by atoms with Crippen molar-refractivity contribution in [3.63, 3.8) is 0 Å². The number of hydrogen-bond donors (Lipinski definition) is 2. The number of thiophene rings is 1. The quantitative estimate of drug-likeness (QED) is 0.502. The minimum atomic E-state index is 0.0348. The van der Waals surface area contributed by atoms with Crippen LogP contribution in [-0.4, -0.2) is 40.3 Å². The van der Waals surface area contributed by atoms with E-state index >= 15 is 0 Å². The summed E-state index contributed by atoms with van der Waals surface area (Å²) in [5.74, 6) is 1.25. The average molecular weight is 462 g/mol. The van der Waals surface area contributed by atoms with Crippen LogP contribution in [0.5, 0.6) is 0 Å². The third-order valence-electron chi connectivity index (χ3n) is 5.45. The molecule has 158 valence electrons. The summed E-state index contributed by atoms with van der Waals surface area (Å²) in [6.45, 7) is 5.20. The molecule has 1 aromatic carbocycles. The first kappa shape index (κ1) is 21.1. The van der Waals surface area contributed by atoms with E-state index < -0.39 is 0 Å². The van der Waals surface area contributed by atoms with Crippen LogP contribution < -0.4 is 10.2 Å². The molecule has 3 aromatic rings. The molecule has 3 heterocycles. The van der Waals surface area contributed by atoms with Gasteiger partial charge in [-0.1, -0.05) is 23.7 Å². The summed E-state index contributed by atoms with van der Waals surface area (Å²) in [6, 6.07) is 9.98. The van der Waals surface area contributed by atoms with E-state index in [0.717, 1.165) is 35.2 Å². The van der Waals surface area contributed by atoms with E-state index in [0.29, 0.717) is 30.2 Å². The Labute approximate surface area is 189 Å². The summed E-state index contributed by atoms with van der Waals surface area (Å²) < 4.78 is 2.43. The van der Waals surface area contributed by atoms with Crippen LogP contribution in [-0.2, 0) is 11.3 Å². The summed E-state index contributed by atoms with van der Waals surface area (Å²) in [4.78, 5) is 15.8. The number of H-pyrrole nitrogens is 1. The second-order valence-electron chi connectivity index (χ2n) is 7.57. The van der Waals surface area contributed by atoms with Gasteiger partial charge in [0.25, 0.3) is 0 Å². The maximum absolute atomic E-state index is 12.4. The van der Waals surface area contributed by atoms with Crippen LogP contribution in [0.25, 0.3) is 10.7 Å². The Kier molecular flexibility index (Phi) is 6.55. The van der Waals surface area contributed by atoms with Gasteiger partial charge in [0.1, 0.15) is 0 Å². The van der Waals surface area contributed by atoms with Gasteiger partial charge in [0.05, 0.1) is 4.88 Å². The number of aryl methyl sites for hydroxylation is 1. The van der Waals surface area contributed by atoms with Gasteiger partial charge in [-0.25, -0.2) is 0 Å². The van der Waals surface area contributed by atoms with Gasteiger partial charge in [0.2, 0.25) is 5.91 Å². The molecule has 1 amide bonds. The standard InChI is InChI=1S/C21H24ClN5OS2/c1-14-4-5-16(22)11-17(14)26-8-6-15(13-26)12-23-19(28)7-9-27-20(24-25-21(27)29)18-3-2-10-30-18/h2-5,10-11,15H,6-9,12-13H2,1H3,(H,23,28)(H,25,29). The third-order valence-corrected chi connectivity index (χ3v) is 6.86. The SMILES string of the molecule is Cc1ccc(Cl)cc1N1CCC(CNC(=O)CCn2c(-c3cccs3)n[nH]c2=S)C1. The molecular formula is C21H24ClN5OS2. The molecule has 9 heteroatoms. The van der Waals surface area contributed by atoms with Gasteiger partial charge in [-0.3, -0.25) is 14.5 Å². The number of benzene rings is 1. The monoisotopic (exact) mass is 461 g/mol. The number of halogens is 1. The topological polar surface area (TPSA) is 66.0 Å². The second kappa shape index (κ2) is 9.32. The molecule has 1 aliphatic rings. The van der Waals surface area contributed by atoms with Crippen molar-refractivity contribution >= 4 is 46.8 Å². The Balaban J connectivity index is 1.28. The highest BCUT2D eigenvalue weighted by Crippen LogP contribution is 2.29. The number of nitrogens with one attached hydrogen (secondary N) is 2. The highest BCUT2D eigenvalue weighted by molar-refractivity contribution is 7.71. The molecule has 1 unspecified atom stereocenters. The summed E-state index contributed by atoms with van der Waals surface area (Å²) in [7, 11) is 0. The normalized spacial score (nSPS) is 16.2. The minimum Gasteiger partial charge on any atom is -0.371 e. The molecule has 2 N–H and O–H groups in total. The molecule has 0 bridgehead atoms. The molecule has 0 radical (unpaired) electrons. The molecule has 1 fully saturated rings. The molecule has 1 atom stereocenters. The van der Waals surface area contributed by atoms with Crippen molar-refractivity contribution in [3.05, 3.63) is 51.1 Å². The number of aromatic amines is 1. The van der Waals surface area contributed by atoms with Crippen LogP contribution in [0.4, 0.5) is 5.69 Å². The summed E-state index contributed by atoms with van der Waals surface area (Å²) in [5, 5.41) is 13.0. The van der Waals surface area contributed by atoms with E-state index in [9.17, 15) is 4.79 Å². The lowest BCUT2D eigenvalue weighted by atomic mass is 10.1. The zero-order valence-corrected chi connectivity index (χ0v) is 19.1. The highest BCUT2D eigenvalue weighted by Gasteiger charge is 2.24. The van der Waals surface area contributed by atoms with Crippen LogP contribution in [0, 0.1) is 17.6 Å². The Hall–Kier alpha value is -2.16. The van der Waals surface area contributed by atoms with Crippen molar-refractivity contribution in [2.24, 2.45) is 5.92 Å². The first-order valence-corrected chi connectivity index (χ1v) is 11.6. The van der Waals surface area contributed by atoms with Gasteiger partial charge in [0.15, 0.2) is 10.6 Å². The summed E-state index contributed by atoms with van der Waals surface area (Å²) in [6.07, 6.45) is 1.43. The van der Waals surface area contributed by atoms with Crippen molar-refractivity contribution in [2.45, 2.75) is 26.3 Å². The number of anilines is 1. The number of amides is 1. The number of nitrogens with zero attached hydrogens (tertiary/aromatic N) is 3. The Morgan fingerprint density at radius 1 is 1.43 bits per heavy atom. The van der Waals surface area contributed by atoms with Gasteiger partial charge in [-0.05, 0) is 60.6 Å². The zero-order chi connectivity index (χ0) is 21.1. The summed E-state index contributed by atoms with van der Waals surface area (Å²) in [5.41, 5.74) is 2.41. The van der Waals surface area contributed by atoms with Crippen LogP contribution in [0.3, 0.4) is 0 Å². The Morgan fingerprint density at radius 3 is 3.10 bits per heavy atom. The van der Waals surface area contributed by atoms with Crippen LogP contribution >= 0.6 is 35.2 Å². The van der Waals surface area contributed by atoms with E-state index in [2.05, 4.69) is 33.4 Å². The number of carbonyl (C=O) groups excluding carboxylic acids is 1. The van der Waals surface area contributed by atoms with Gasteiger partial charge in [0, 0.05) is 43.3 Å². The molecule has 0 aliphatic carbocycles. The van der Waals surface area contributed by atoms with E-state index in [1.54, 1.807) is 11.3 Å². The van der Waals surface area contributed by atoms with E-state index in [-0.39, 0.29) is 5.91 Å². The highest BCUT2D eigenvalue weighted by atomic mass is 35.5. The maximum atomic E-state index is 12.4. The smallest absolute Gasteiger partial charge is 0.221 e. The predicted octanol–water partition coefficient (Wildman–Crippen LogP) is 4.66. The average Bonchev–Trinajstić information content (AvgIpc) is 3.48. The predicted molar refractivity (Wildman–Crippen MR) is 125 cm³/mol. The molecule has 30 heavy (non-hydrogen) atoms. The second-order valence-corrected chi connectivity index (χ2v) is 9.34. The zero-order valence-electron chi connectivity index (χ0n) is 16.7. The van der Waals surface area contributed by atoms with E-state index in [1.807, 2.05) is 34.2 Å². The van der Waals surface area contributed by atoms with Crippen molar-refractivity contribution < 1.29 is 4.79 Å². The number of hydrogen-bond acceptors (Lipinski definition) is 5. The van der Waals surface area contributed by atoms with E-state index in [1.165, 1.54) is 11.3 Å². The van der Waals surface area contributed by atoms with Gasteiger partial charge >= 0.3 is 0 Å². The van der Waals surface area contributed by atoms with Crippen LogP contribution in [0.2, 0.25) is 5.02 Å². The molecule has 2 aromatic heterocycles. The van der Waals surface area contributed by atoms with Gasteiger partial charge in [-0.2, -0.15) is 5.10 Å². The van der Waals surface area contributed by atoms with Crippen molar-refractivity contribution in [2.75, 3.05) is 24.5 Å². The summed E-state index contributed by atoms with van der Waals surface area (Å²) >= 11 is 13.1. The lowest BCUT2D eigenvalue weighted by Crippen LogP contribution is -2.31. The molecule has 1 saturated heterocycles. The lowest BCUT2D eigenvalue weighted by Gasteiger charge is -2.21. The van der Waals surface area contributed by atoms with Crippen LogP contribution in [0.1, 0.15) is 18.4 Å². The molecule has 4 rings (SSSR count). The van der Waals surface area contributed by atoms with Gasteiger partial charge in [-0.15, -0.1) is 11.3 Å². The maximum Gasteiger partial charge on any atom is 0.221 e. The Morgan fingerprint density at radius 2 is 2.30 bits per heavy atom. The van der Waals surface area contributed by atoms with Gasteiger partial charge < -0.3 is 10.2 Å². The molecule has 1 aliphatic heterocycles. The van der Waals surface area contributed by atoms with E-state index in [4.69, 9.17) is 23.8 Å². The molecular weight excluding hydrogens is 438 g/mol. The molecule has 6 nitrogen and oxygen atoms in total. The van der Waals surface area contributed by atoms with Crippen molar-refractivity contribution in [1.82, 2.24) is 20.1 Å².